The highest BCUT2D eigenvalue weighted by atomic mass is 35.5. The third kappa shape index (κ3) is 4.40. The van der Waals surface area contributed by atoms with Gasteiger partial charge in [0, 0.05) is 29.4 Å². The average molecular weight is 364 g/mol. The van der Waals surface area contributed by atoms with Crippen molar-refractivity contribution in [1.82, 2.24) is 0 Å². The van der Waals surface area contributed by atoms with Crippen LogP contribution in [0.5, 0.6) is 11.5 Å². The number of ether oxygens (including phenoxy) is 2. The highest BCUT2D eigenvalue weighted by molar-refractivity contribution is 7.80. The van der Waals surface area contributed by atoms with E-state index in [4.69, 9.17) is 33.3 Å². The number of hydrogen-bond acceptors (Lipinski definition) is 3. The standard InChI is InChI=1S/C19H22ClNO2S/c1-19(2,3)16-11-13(20)9-10-17(16)23-18(24)21(4)14-7-6-8-15(12-14)22-5/h6-12H,1-5H3. The number of thiocarbonyl (C=S) groups is 1. The van der Waals surface area contributed by atoms with Gasteiger partial charge >= 0.3 is 0 Å². The van der Waals surface area contributed by atoms with Crippen LogP contribution in [0.1, 0.15) is 26.3 Å². The van der Waals surface area contributed by atoms with Crippen molar-refractivity contribution >= 4 is 34.7 Å². The van der Waals surface area contributed by atoms with Crippen molar-refractivity contribution in [2.75, 3.05) is 19.1 Å². The fraction of sp³-hybridized carbons (Fsp3) is 0.316. The summed E-state index contributed by atoms with van der Waals surface area (Å²) in [6, 6.07) is 13.2. The molecule has 2 aromatic carbocycles. The van der Waals surface area contributed by atoms with Gasteiger partial charge in [0.1, 0.15) is 11.5 Å². The quantitative estimate of drug-likeness (QED) is 0.676. The van der Waals surface area contributed by atoms with Gasteiger partial charge in [-0.15, -0.1) is 0 Å². The lowest BCUT2D eigenvalue weighted by molar-refractivity contribution is 0.415. The molecule has 2 rings (SSSR count). The summed E-state index contributed by atoms with van der Waals surface area (Å²) in [5, 5.41) is 1.04. The first kappa shape index (κ1) is 18.6. The van der Waals surface area contributed by atoms with Crippen LogP contribution >= 0.6 is 23.8 Å². The molecule has 0 spiro atoms. The smallest absolute Gasteiger partial charge is 0.269 e. The van der Waals surface area contributed by atoms with Gasteiger partial charge in [0.25, 0.3) is 5.17 Å². The van der Waals surface area contributed by atoms with Gasteiger partial charge in [-0.05, 0) is 48.0 Å². The number of hydrogen-bond donors (Lipinski definition) is 0. The Labute approximate surface area is 154 Å². The highest BCUT2D eigenvalue weighted by Crippen LogP contribution is 2.34. The number of nitrogens with zero attached hydrogens (tertiary/aromatic N) is 1. The zero-order chi connectivity index (χ0) is 17.9. The number of anilines is 1. The van der Waals surface area contributed by atoms with Gasteiger partial charge in [-0.2, -0.15) is 0 Å². The van der Waals surface area contributed by atoms with Crippen LogP contribution in [-0.2, 0) is 5.41 Å². The summed E-state index contributed by atoms with van der Waals surface area (Å²) in [6.45, 7) is 6.33. The summed E-state index contributed by atoms with van der Waals surface area (Å²) in [7, 11) is 3.50. The summed E-state index contributed by atoms with van der Waals surface area (Å²) in [4.78, 5) is 1.80. The monoisotopic (exact) mass is 363 g/mol. The van der Waals surface area contributed by atoms with Gasteiger partial charge in [-0.25, -0.2) is 0 Å². The van der Waals surface area contributed by atoms with Crippen LogP contribution in [-0.4, -0.2) is 19.3 Å². The maximum absolute atomic E-state index is 6.14. The predicted octanol–water partition coefficient (Wildman–Crippen LogP) is 5.45. The van der Waals surface area contributed by atoms with E-state index >= 15 is 0 Å². The van der Waals surface area contributed by atoms with E-state index in [0.29, 0.717) is 15.9 Å². The Balaban J connectivity index is 2.26. The van der Waals surface area contributed by atoms with Crippen molar-refractivity contribution in [2.45, 2.75) is 26.2 Å². The maximum Gasteiger partial charge on any atom is 0.269 e. The molecule has 0 heterocycles. The van der Waals surface area contributed by atoms with Gasteiger partial charge in [-0.3, -0.25) is 0 Å². The van der Waals surface area contributed by atoms with Gasteiger partial charge in [-0.1, -0.05) is 38.4 Å². The summed E-state index contributed by atoms with van der Waals surface area (Å²) < 4.78 is 11.2. The first-order valence-electron chi connectivity index (χ1n) is 7.62. The van der Waals surface area contributed by atoms with Crippen LogP contribution in [0.2, 0.25) is 5.02 Å². The second kappa shape index (κ2) is 7.41. The largest absolute Gasteiger partial charge is 0.497 e. The molecule has 24 heavy (non-hydrogen) atoms. The van der Waals surface area contributed by atoms with E-state index < -0.39 is 0 Å². The van der Waals surface area contributed by atoms with Crippen LogP contribution in [0.4, 0.5) is 5.69 Å². The lowest BCUT2D eigenvalue weighted by atomic mass is 9.86. The van der Waals surface area contributed by atoms with Gasteiger partial charge in [0.2, 0.25) is 0 Å². The summed E-state index contributed by atoms with van der Waals surface area (Å²) in [5.41, 5.74) is 1.80. The van der Waals surface area contributed by atoms with Crippen molar-refractivity contribution in [3.05, 3.63) is 53.1 Å². The van der Waals surface area contributed by atoms with Crippen LogP contribution < -0.4 is 14.4 Å². The summed E-state index contributed by atoms with van der Waals surface area (Å²) in [6.07, 6.45) is 0. The molecule has 0 saturated heterocycles. The molecule has 5 heteroatoms. The van der Waals surface area contributed by atoms with Gasteiger partial charge < -0.3 is 14.4 Å². The van der Waals surface area contributed by atoms with Gasteiger partial charge in [0.15, 0.2) is 0 Å². The zero-order valence-electron chi connectivity index (χ0n) is 14.6. The third-order valence-corrected chi connectivity index (χ3v) is 4.25. The maximum atomic E-state index is 6.14. The van der Waals surface area contributed by atoms with Crippen LogP contribution in [0.3, 0.4) is 0 Å². The fourth-order valence-electron chi connectivity index (χ4n) is 2.26. The van der Waals surface area contributed by atoms with E-state index in [2.05, 4.69) is 20.8 Å². The molecule has 0 aliphatic rings. The van der Waals surface area contributed by atoms with Crippen molar-refractivity contribution in [3.63, 3.8) is 0 Å². The molecular weight excluding hydrogens is 342 g/mol. The molecule has 0 radical (unpaired) electrons. The average Bonchev–Trinajstić information content (AvgIpc) is 2.54. The minimum absolute atomic E-state index is 0.107. The van der Waals surface area contributed by atoms with Crippen LogP contribution in [0.15, 0.2) is 42.5 Å². The number of benzene rings is 2. The molecule has 0 atom stereocenters. The van der Waals surface area contributed by atoms with Crippen molar-refractivity contribution in [3.8, 4) is 11.5 Å². The lowest BCUT2D eigenvalue weighted by Gasteiger charge is -2.25. The Morgan fingerprint density at radius 1 is 1.12 bits per heavy atom. The SMILES string of the molecule is COc1cccc(N(C)C(=S)Oc2ccc(Cl)cc2C(C)(C)C)c1. The van der Waals surface area contributed by atoms with E-state index in [0.717, 1.165) is 17.0 Å². The summed E-state index contributed by atoms with van der Waals surface area (Å²) >= 11 is 11.6. The molecular formula is C19H22ClNO2S. The zero-order valence-corrected chi connectivity index (χ0v) is 16.2. The molecule has 0 aliphatic heterocycles. The van der Waals surface area contributed by atoms with E-state index in [1.54, 1.807) is 18.1 Å². The van der Waals surface area contributed by atoms with Crippen molar-refractivity contribution in [2.24, 2.45) is 0 Å². The van der Waals surface area contributed by atoms with E-state index in [-0.39, 0.29) is 5.41 Å². The molecule has 2 aromatic rings. The number of rotatable bonds is 3. The lowest BCUT2D eigenvalue weighted by Crippen LogP contribution is -2.30. The first-order valence-corrected chi connectivity index (χ1v) is 8.40. The van der Waals surface area contributed by atoms with Crippen LogP contribution in [0.25, 0.3) is 0 Å². The number of methoxy groups -OCH3 is 1. The van der Waals surface area contributed by atoms with Gasteiger partial charge in [0.05, 0.1) is 7.11 Å². The van der Waals surface area contributed by atoms with E-state index in [9.17, 15) is 0 Å². The Morgan fingerprint density at radius 3 is 2.46 bits per heavy atom. The van der Waals surface area contributed by atoms with E-state index in [1.807, 2.05) is 43.4 Å². The molecule has 0 aromatic heterocycles. The molecule has 128 valence electrons. The minimum atomic E-state index is -0.107. The van der Waals surface area contributed by atoms with E-state index in [1.165, 1.54) is 0 Å². The fourth-order valence-corrected chi connectivity index (χ4v) is 2.63. The predicted molar refractivity (Wildman–Crippen MR) is 105 cm³/mol. The molecule has 0 saturated carbocycles. The molecule has 0 aliphatic carbocycles. The van der Waals surface area contributed by atoms with Crippen molar-refractivity contribution < 1.29 is 9.47 Å². The molecule has 0 amide bonds. The third-order valence-electron chi connectivity index (χ3n) is 3.66. The minimum Gasteiger partial charge on any atom is -0.497 e. The van der Waals surface area contributed by atoms with Crippen LogP contribution in [0, 0.1) is 0 Å². The van der Waals surface area contributed by atoms with Crippen molar-refractivity contribution in [1.29, 1.82) is 0 Å². The Hall–Kier alpha value is -1.78. The second-order valence-electron chi connectivity index (χ2n) is 6.52. The normalized spacial score (nSPS) is 11.1. The molecule has 3 nitrogen and oxygen atoms in total. The first-order chi connectivity index (χ1) is 11.2. The molecule has 0 unspecified atom stereocenters. The number of halogens is 1. The Kier molecular flexibility index (Phi) is 5.73. The second-order valence-corrected chi connectivity index (χ2v) is 7.30. The molecule has 0 N–H and O–H groups in total. The highest BCUT2D eigenvalue weighted by Gasteiger charge is 2.21. The molecule has 0 fully saturated rings. The molecule has 0 bridgehead atoms. The topological polar surface area (TPSA) is 21.7 Å². The Bertz CT molecular complexity index is 740. The Morgan fingerprint density at radius 2 is 1.83 bits per heavy atom. The summed E-state index contributed by atoms with van der Waals surface area (Å²) in [5.74, 6) is 1.48.